The highest BCUT2D eigenvalue weighted by atomic mass is 79.9. The second kappa shape index (κ2) is 21.7. The lowest BCUT2D eigenvalue weighted by atomic mass is 10.1. The van der Waals surface area contributed by atoms with Crippen LogP contribution in [0.1, 0.15) is 110 Å². The quantitative estimate of drug-likeness (QED) is 0.133. The molecule has 0 saturated heterocycles. The van der Waals surface area contributed by atoms with Crippen molar-refractivity contribution in [2.75, 3.05) is 11.9 Å². The predicted octanol–water partition coefficient (Wildman–Crippen LogP) is 7.32. The molecule has 1 amide bonds. The number of hydrogen-bond donors (Lipinski definition) is 1. The number of rotatable bonds is 19. The van der Waals surface area contributed by atoms with Gasteiger partial charge in [-0.15, -0.1) is 0 Å². The summed E-state index contributed by atoms with van der Waals surface area (Å²) >= 11 is 3.35. The minimum atomic E-state index is 0.201. The van der Waals surface area contributed by atoms with E-state index in [1.807, 2.05) is 0 Å². The van der Waals surface area contributed by atoms with Crippen LogP contribution in [0.4, 0.5) is 0 Å². The van der Waals surface area contributed by atoms with Gasteiger partial charge in [-0.05, 0) is 38.5 Å². The standard InChI is InChI=1S/C22H42BrNO/c1-2-3-4-5-6-7-8-9-10-11-12-13-14-15-16-17-21-24-22(25)19-18-20-23/h9-10H,2-8,11-21H2,1H3,(H,24,25). The minimum absolute atomic E-state index is 0.201. The Morgan fingerprint density at radius 2 is 1.28 bits per heavy atom. The fourth-order valence-electron chi connectivity index (χ4n) is 2.92. The van der Waals surface area contributed by atoms with Crippen molar-refractivity contribution >= 4 is 21.8 Å². The molecule has 1 N–H and O–H groups in total. The molecule has 0 fully saturated rings. The van der Waals surface area contributed by atoms with Crippen molar-refractivity contribution < 1.29 is 4.79 Å². The fourth-order valence-corrected chi connectivity index (χ4v) is 3.20. The molecule has 0 aliphatic heterocycles. The normalized spacial score (nSPS) is 11.3. The summed E-state index contributed by atoms with van der Waals surface area (Å²) in [5, 5.41) is 3.91. The second-order valence-electron chi connectivity index (χ2n) is 7.08. The Morgan fingerprint density at radius 1 is 0.760 bits per heavy atom. The van der Waals surface area contributed by atoms with Crippen molar-refractivity contribution in [2.45, 2.75) is 110 Å². The van der Waals surface area contributed by atoms with Gasteiger partial charge in [0.1, 0.15) is 0 Å². The monoisotopic (exact) mass is 415 g/mol. The summed E-state index contributed by atoms with van der Waals surface area (Å²) in [5.41, 5.74) is 0. The second-order valence-corrected chi connectivity index (χ2v) is 7.87. The predicted molar refractivity (Wildman–Crippen MR) is 115 cm³/mol. The van der Waals surface area contributed by atoms with Crippen molar-refractivity contribution in [3.8, 4) is 0 Å². The lowest BCUT2D eigenvalue weighted by Crippen LogP contribution is -2.24. The Bertz CT molecular complexity index is 304. The van der Waals surface area contributed by atoms with Crippen LogP contribution in [0.3, 0.4) is 0 Å². The minimum Gasteiger partial charge on any atom is -0.356 e. The number of alkyl halides is 1. The summed E-state index contributed by atoms with van der Waals surface area (Å²) in [7, 11) is 0. The summed E-state index contributed by atoms with van der Waals surface area (Å²) in [6.07, 6.45) is 24.9. The number of carbonyl (C=O) groups excluding carboxylic acids is 1. The van der Waals surface area contributed by atoms with Gasteiger partial charge in [0.05, 0.1) is 0 Å². The number of unbranched alkanes of at least 4 members (excludes halogenated alkanes) is 12. The molecule has 148 valence electrons. The largest absolute Gasteiger partial charge is 0.356 e. The molecule has 0 bridgehead atoms. The van der Waals surface area contributed by atoms with Gasteiger partial charge in [0, 0.05) is 18.3 Å². The zero-order valence-electron chi connectivity index (χ0n) is 16.7. The molecule has 0 aromatic carbocycles. The lowest BCUT2D eigenvalue weighted by molar-refractivity contribution is -0.121. The van der Waals surface area contributed by atoms with E-state index in [1.54, 1.807) is 0 Å². The smallest absolute Gasteiger partial charge is 0.220 e. The van der Waals surface area contributed by atoms with Gasteiger partial charge in [0.15, 0.2) is 0 Å². The van der Waals surface area contributed by atoms with E-state index in [1.165, 1.54) is 83.5 Å². The van der Waals surface area contributed by atoms with E-state index >= 15 is 0 Å². The SMILES string of the molecule is CCCCCCCCC=CCCCCCCCCNC(=O)CCCBr. The van der Waals surface area contributed by atoms with Crippen LogP contribution >= 0.6 is 15.9 Å². The van der Waals surface area contributed by atoms with Crippen LogP contribution in [-0.2, 0) is 4.79 Å². The van der Waals surface area contributed by atoms with E-state index in [0.29, 0.717) is 6.42 Å². The maximum atomic E-state index is 11.4. The van der Waals surface area contributed by atoms with Crippen LogP contribution in [0.25, 0.3) is 0 Å². The van der Waals surface area contributed by atoms with Gasteiger partial charge >= 0.3 is 0 Å². The van der Waals surface area contributed by atoms with E-state index in [4.69, 9.17) is 0 Å². The first-order chi connectivity index (χ1) is 12.3. The molecule has 3 heteroatoms. The van der Waals surface area contributed by atoms with Gasteiger partial charge in [0.2, 0.25) is 5.91 Å². The van der Waals surface area contributed by atoms with Crippen LogP contribution in [0, 0.1) is 0 Å². The number of amides is 1. The fraction of sp³-hybridized carbons (Fsp3) is 0.864. The molecule has 25 heavy (non-hydrogen) atoms. The molecule has 0 unspecified atom stereocenters. The van der Waals surface area contributed by atoms with Gasteiger partial charge in [-0.2, -0.15) is 0 Å². The maximum absolute atomic E-state index is 11.4. The summed E-state index contributed by atoms with van der Waals surface area (Å²) < 4.78 is 0. The van der Waals surface area contributed by atoms with Crippen molar-refractivity contribution in [3.05, 3.63) is 12.2 Å². The van der Waals surface area contributed by atoms with E-state index in [9.17, 15) is 4.79 Å². The number of allylic oxidation sites excluding steroid dienone is 2. The highest BCUT2D eigenvalue weighted by Crippen LogP contribution is 2.09. The molecule has 0 aliphatic carbocycles. The lowest BCUT2D eigenvalue weighted by Gasteiger charge is -2.04. The molecule has 0 heterocycles. The first-order valence-electron chi connectivity index (χ1n) is 10.8. The molecule has 0 aromatic heterocycles. The Labute approximate surface area is 165 Å². The Kier molecular flexibility index (Phi) is 21.5. The van der Waals surface area contributed by atoms with Gasteiger partial charge < -0.3 is 5.32 Å². The Morgan fingerprint density at radius 3 is 1.84 bits per heavy atom. The molecule has 0 atom stereocenters. The first kappa shape index (κ1) is 24.7. The third kappa shape index (κ3) is 21.6. The zero-order chi connectivity index (χ0) is 18.4. The summed E-state index contributed by atoms with van der Waals surface area (Å²) in [6.45, 7) is 3.12. The third-order valence-corrected chi connectivity index (χ3v) is 5.11. The van der Waals surface area contributed by atoms with Crippen molar-refractivity contribution in [1.82, 2.24) is 5.32 Å². The average molecular weight is 416 g/mol. The van der Waals surface area contributed by atoms with E-state index < -0.39 is 0 Å². The van der Waals surface area contributed by atoms with Gasteiger partial charge in [0.25, 0.3) is 0 Å². The van der Waals surface area contributed by atoms with Crippen molar-refractivity contribution in [3.63, 3.8) is 0 Å². The summed E-state index contributed by atoms with van der Waals surface area (Å²) in [5.74, 6) is 0.201. The summed E-state index contributed by atoms with van der Waals surface area (Å²) in [6, 6.07) is 0. The first-order valence-corrected chi connectivity index (χ1v) is 11.9. The molecule has 0 rings (SSSR count). The molecule has 0 saturated carbocycles. The van der Waals surface area contributed by atoms with Gasteiger partial charge in [-0.3, -0.25) is 4.79 Å². The van der Waals surface area contributed by atoms with E-state index in [0.717, 1.165) is 24.7 Å². The molecular weight excluding hydrogens is 374 g/mol. The van der Waals surface area contributed by atoms with Gasteiger partial charge in [-0.1, -0.05) is 92.8 Å². The van der Waals surface area contributed by atoms with E-state index in [-0.39, 0.29) is 5.91 Å². The molecular formula is C22H42BrNO. The van der Waals surface area contributed by atoms with E-state index in [2.05, 4.69) is 40.3 Å². The van der Waals surface area contributed by atoms with Crippen molar-refractivity contribution in [1.29, 1.82) is 0 Å². The van der Waals surface area contributed by atoms with Crippen LogP contribution < -0.4 is 5.32 Å². The summed E-state index contributed by atoms with van der Waals surface area (Å²) in [4.78, 5) is 11.4. The van der Waals surface area contributed by atoms with Crippen LogP contribution in [-0.4, -0.2) is 17.8 Å². The molecule has 2 nitrogen and oxygen atoms in total. The van der Waals surface area contributed by atoms with Gasteiger partial charge in [-0.25, -0.2) is 0 Å². The number of carbonyl (C=O) groups is 1. The maximum Gasteiger partial charge on any atom is 0.220 e. The average Bonchev–Trinajstić information content (AvgIpc) is 2.62. The Hall–Kier alpha value is -0.310. The molecule has 0 aliphatic rings. The number of hydrogen-bond acceptors (Lipinski definition) is 1. The molecule has 0 spiro atoms. The van der Waals surface area contributed by atoms with Crippen molar-refractivity contribution in [2.24, 2.45) is 0 Å². The number of nitrogens with one attached hydrogen (secondary N) is 1. The highest BCUT2D eigenvalue weighted by Gasteiger charge is 1.99. The van der Waals surface area contributed by atoms with Crippen LogP contribution in [0.15, 0.2) is 12.2 Å². The van der Waals surface area contributed by atoms with Crippen LogP contribution in [0.5, 0.6) is 0 Å². The number of halogens is 1. The van der Waals surface area contributed by atoms with Crippen LogP contribution in [0.2, 0.25) is 0 Å². The topological polar surface area (TPSA) is 29.1 Å². The third-order valence-electron chi connectivity index (χ3n) is 4.55. The molecule has 0 aromatic rings. The highest BCUT2D eigenvalue weighted by molar-refractivity contribution is 9.09. The molecule has 0 radical (unpaired) electrons. The Balaban J connectivity index is 3.13. The zero-order valence-corrected chi connectivity index (χ0v) is 18.3.